The molecule has 3 N–H and O–H groups in total. The van der Waals surface area contributed by atoms with Crippen LogP contribution in [0, 0.1) is 5.82 Å². The van der Waals surface area contributed by atoms with Crippen LogP contribution in [0.15, 0.2) is 53.8 Å². The molecule has 1 amide bonds. The van der Waals surface area contributed by atoms with Crippen LogP contribution in [0.4, 0.5) is 10.2 Å². The number of benzene rings is 2. The van der Waals surface area contributed by atoms with Crippen LogP contribution in [-0.2, 0) is 6.54 Å². The van der Waals surface area contributed by atoms with Gasteiger partial charge in [-0.1, -0.05) is 12.1 Å². The van der Waals surface area contributed by atoms with Gasteiger partial charge in [0.1, 0.15) is 17.3 Å². The summed E-state index contributed by atoms with van der Waals surface area (Å²) in [5.74, 6) is 0.291. The number of nitrogens with one attached hydrogen (secondary N) is 1. The summed E-state index contributed by atoms with van der Waals surface area (Å²) in [6.07, 6.45) is 7.37. The third-order valence-corrected chi connectivity index (χ3v) is 6.95. The maximum Gasteiger partial charge on any atom is 0.251 e. The number of aliphatic imine (C=N–C) groups is 1. The van der Waals surface area contributed by atoms with E-state index in [1.807, 2.05) is 18.2 Å². The fourth-order valence-electron chi connectivity index (χ4n) is 4.71. The van der Waals surface area contributed by atoms with Gasteiger partial charge < -0.3 is 16.0 Å². The van der Waals surface area contributed by atoms with Crippen molar-refractivity contribution in [1.29, 1.82) is 0 Å². The third-order valence-electron chi connectivity index (χ3n) is 6.95. The van der Waals surface area contributed by atoms with Crippen molar-refractivity contribution in [2.24, 2.45) is 10.7 Å². The standard InChI is InChI=1S/C27H27FN6O/c28-23-6-3-17(27(35)32-20-4-5-20)12-21(23)16-1-2-18-13-31-26(22(18)11-16)24-14-30-15-25(33-24)34-9-7-19(29)8-10-34/h1-3,6,11-12,14-15,19-20H,4-5,7-10,13,29H2,(H,32,35). The largest absolute Gasteiger partial charge is 0.355 e. The van der Waals surface area contributed by atoms with E-state index in [2.05, 4.69) is 15.2 Å². The molecule has 0 radical (unpaired) electrons. The third kappa shape index (κ3) is 4.41. The topological polar surface area (TPSA) is 96.5 Å². The molecule has 2 aliphatic heterocycles. The number of piperidine rings is 1. The zero-order valence-electron chi connectivity index (χ0n) is 19.4. The number of amides is 1. The normalized spacial score (nSPS) is 17.8. The molecular weight excluding hydrogens is 443 g/mol. The number of rotatable bonds is 5. The van der Waals surface area contributed by atoms with Crippen LogP contribution in [-0.4, -0.2) is 46.8 Å². The van der Waals surface area contributed by atoms with E-state index >= 15 is 0 Å². The van der Waals surface area contributed by atoms with Crippen molar-refractivity contribution < 1.29 is 9.18 Å². The summed E-state index contributed by atoms with van der Waals surface area (Å²) in [4.78, 5) is 28.7. The van der Waals surface area contributed by atoms with Gasteiger partial charge >= 0.3 is 0 Å². The molecule has 7 nitrogen and oxygen atoms in total. The molecule has 178 valence electrons. The molecule has 3 heterocycles. The number of carbonyl (C=O) groups is 1. The second kappa shape index (κ2) is 8.85. The molecule has 1 saturated carbocycles. The molecule has 0 bridgehead atoms. The Morgan fingerprint density at radius 1 is 1.03 bits per heavy atom. The van der Waals surface area contributed by atoms with Crippen LogP contribution in [0.1, 0.15) is 52.9 Å². The Labute approximate surface area is 203 Å². The Bertz CT molecular complexity index is 1330. The summed E-state index contributed by atoms with van der Waals surface area (Å²) < 4.78 is 14.9. The Hall–Kier alpha value is -3.65. The van der Waals surface area contributed by atoms with E-state index in [1.54, 1.807) is 18.5 Å². The number of hydrogen-bond donors (Lipinski definition) is 2. The summed E-state index contributed by atoms with van der Waals surface area (Å²) >= 11 is 0. The van der Waals surface area contributed by atoms with Crippen LogP contribution in [0.25, 0.3) is 11.1 Å². The van der Waals surface area contributed by atoms with Crippen molar-refractivity contribution in [2.75, 3.05) is 18.0 Å². The number of halogens is 1. The van der Waals surface area contributed by atoms with E-state index in [0.717, 1.165) is 61.4 Å². The number of aromatic nitrogens is 2. The predicted molar refractivity (Wildman–Crippen MR) is 133 cm³/mol. The Morgan fingerprint density at radius 2 is 1.86 bits per heavy atom. The lowest BCUT2D eigenvalue weighted by molar-refractivity contribution is 0.0951. The van der Waals surface area contributed by atoms with E-state index in [-0.39, 0.29) is 23.8 Å². The second-order valence-corrected chi connectivity index (χ2v) is 9.57. The van der Waals surface area contributed by atoms with E-state index < -0.39 is 0 Å². The number of nitrogens with two attached hydrogens (primary N) is 1. The first-order valence-corrected chi connectivity index (χ1v) is 12.2. The summed E-state index contributed by atoms with van der Waals surface area (Å²) in [6, 6.07) is 10.8. The van der Waals surface area contributed by atoms with Crippen LogP contribution in [0.3, 0.4) is 0 Å². The Balaban J connectivity index is 1.30. The fourth-order valence-corrected chi connectivity index (χ4v) is 4.71. The number of nitrogens with zero attached hydrogens (tertiary/aromatic N) is 4. The monoisotopic (exact) mass is 470 g/mol. The van der Waals surface area contributed by atoms with Crippen molar-refractivity contribution >= 4 is 17.4 Å². The highest BCUT2D eigenvalue weighted by Crippen LogP contribution is 2.31. The maximum atomic E-state index is 14.9. The zero-order chi connectivity index (χ0) is 23.9. The van der Waals surface area contributed by atoms with Gasteiger partial charge in [0.05, 0.1) is 24.7 Å². The van der Waals surface area contributed by atoms with Crippen molar-refractivity contribution in [3.05, 3.63) is 77.0 Å². The van der Waals surface area contributed by atoms with E-state index in [9.17, 15) is 9.18 Å². The smallest absolute Gasteiger partial charge is 0.251 e. The second-order valence-electron chi connectivity index (χ2n) is 9.57. The predicted octanol–water partition coefficient (Wildman–Crippen LogP) is 3.45. The molecule has 3 aromatic rings. The Morgan fingerprint density at radius 3 is 2.66 bits per heavy atom. The molecular formula is C27H27FN6O. The highest BCUT2D eigenvalue weighted by atomic mass is 19.1. The van der Waals surface area contributed by atoms with Gasteiger partial charge in [0.25, 0.3) is 5.91 Å². The average Bonchev–Trinajstić information content (AvgIpc) is 3.59. The summed E-state index contributed by atoms with van der Waals surface area (Å²) in [5.41, 5.74) is 11.0. The minimum absolute atomic E-state index is 0.164. The maximum absolute atomic E-state index is 14.9. The summed E-state index contributed by atoms with van der Waals surface area (Å²) in [5, 5.41) is 2.97. The first-order chi connectivity index (χ1) is 17.0. The van der Waals surface area contributed by atoms with Crippen molar-refractivity contribution in [3.8, 4) is 11.1 Å². The van der Waals surface area contributed by atoms with E-state index in [4.69, 9.17) is 15.7 Å². The first kappa shape index (κ1) is 21.9. The Kier molecular flexibility index (Phi) is 5.53. The van der Waals surface area contributed by atoms with Crippen molar-refractivity contribution in [1.82, 2.24) is 15.3 Å². The lowest BCUT2D eigenvalue weighted by Crippen LogP contribution is -2.40. The SMILES string of the molecule is NC1CCN(c2cncc(C3=NCc4ccc(-c5cc(C(=O)NC6CC6)ccc5F)cc43)n2)CC1. The number of carbonyl (C=O) groups excluding carboxylic acids is 1. The summed E-state index contributed by atoms with van der Waals surface area (Å²) in [6.45, 7) is 2.26. The first-order valence-electron chi connectivity index (χ1n) is 12.2. The lowest BCUT2D eigenvalue weighted by atomic mass is 9.95. The fraction of sp³-hybridized carbons (Fsp3) is 0.333. The van der Waals surface area contributed by atoms with Gasteiger partial charge in [-0.15, -0.1) is 0 Å². The van der Waals surface area contributed by atoms with Crippen molar-refractivity contribution in [2.45, 2.75) is 44.3 Å². The summed E-state index contributed by atoms with van der Waals surface area (Å²) in [7, 11) is 0. The quantitative estimate of drug-likeness (QED) is 0.595. The van der Waals surface area contributed by atoms with Crippen LogP contribution in [0.2, 0.25) is 0 Å². The van der Waals surface area contributed by atoms with Gasteiger partial charge in [0.2, 0.25) is 0 Å². The van der Waals surface area contributed by atoms with Crippen LogP contribution >= 0.6 is 0 Å². The lowest BCUT2D eigenvalue weighted by Gasteiger charge is -2.30. The van der Waals surface area contributed by atoms with Crippen molar-refractivity contribution in [3.63, 3.8) is 0 Å². The highest BCUT2D eigenvalue weighted by Gasteiger charge is 2.25. The molecule has 35 heavy (non-hydrogen) atoms. The molecule has 0 atom stereocenters. The molecule has 1 aliphatic carbocycles. The van der Waals surface area contributed by atoms with Gasteiger partial charge in [0.15, 0.2) is 0 Å². The van der Waals surface area contributed by atoms with Gasteiger partial charge in [-0.05, 0) is 61.1 Å². The minimum atomic E-state index is -0.366. The molecule has 1 saturated heterocycles. The molecule has 2 aromatic carbocycles. The molecule has 6 rings (SSSR count). The molecule has 1 aromatic heterocycles. The van der Waals surface area contributed by atoms with Gasteiger partial charge in [0, 0.05) is 41.9 Å². The molecule has 0 spiro atoms. The van der Waals surface area contributed by atoms with E-state index in [0.29, 0.717) is 28.9 Å². The number of fused-ring (bicyclic) bond motifs is 1. The molecule has 3 aliphatic rings. The molecule has 8 heteroatoms. The average molecular weight is 471 g/mol. The number of anilines is 1. The molecule has 2 fully saturated rings. The zero-order valence-corrected chi connectivity index (χ0v) is 19.4. The van der Waals surface area contributed by atoms with Crippen LogP contribution < -0.4 is 16.0 Å². The van der Waals surface area contributed by atoms with Crippen LogP contribution in [0.5, 0.6) is 0 Å². The van der Waals surface area contributed by atoms with E-state index in [1.165, 1.54) is 12.1 Å². The minimum Gasteiger partial charge on any atom is -0.355 e. The van der Waals surface area contributed by atoms with Gasteiger partial charge in [-0.25, -0.2) is 9.37 Å². The van der Waals surface area contributed by atoms with Gasteiger partial charge in [-0.3, -0.25) is 14.8 Å². The van der Waals surface area contributed by atoms with Gasteiger partial charge in [-0.2, -0.15) is 0 Å². The number of hydrogen-bond acceptors (Lipinski definition) is 6. The molecule has 0 unspecified atom stereocenters. The highest BCUT2D eigenvalue weighted by molar-refractivity contribution is 6.14.